The van der Waals surface area contributed by atoms with Crippen LogP contribution < -0.4 is 9.04 Å². The third-order valence-corrected chi connectivity index (χ3v) is 7.27. The minimum atomic E-state index is -3.92. The topological polar surface area (TPSA) is 86.0 Å². The molecule has 4 aromatic rings. The van der Waals surface area contributed by atoms with Crippen LogP contribution in [0.25, 0.3) is 11.0 Å². The molecule has 1 heterocycles. The highest BCUT2D eigenvalue weighted by atomic mass is 32.2. The van der Waals surface area contributed by atoms with Crippen molar-refractivity contribution in [2.45, 2.75) is 25.3 Å². The van der Waals surface area contributed by atoms with Crippen molar-refractivity contribution in [1.29, 1.82) is 0 Å². The number of hydrogen-bond acceptors (Lipinski definition) is 6. The second-order valence-corrected chi connectivity index (χ2v) is 9.49. The Morgan fingerprint density at radius 1 is 1.00 bits per heavy atom. The predicted octanol–water partition coefficient (Wildman–Crippen LogP) is 5.32. The number of carbonyl (C=O) groups excluding carboxylic acids is 1. The number of aryl methyl sites for hydroxylation is 1. The van der Waals surface area contributed by atoms with Gasteiger partial charge in [0.05, 0.1) is 30.8 Å². The molecule has 7 nitrogen and oxygen atoms in total. The lowest BCUT2D eigenvalue weighted by Gasteiger charge is -2.25. The van der Waals surface area contributed by atoms with Crippen LogP contribution in [0.15, 0.2) is 82.1 Å². The highest BCUT2D eigenvalue weighted by molar-refractivity contribution is 7.92. The lowest BCUT2D eigenvalue weighted by atomic mass is 10.1. The Kier molecular flexibility index (Phi) is 6.61. The fourth-order valence-electron chi connectivity index (χ4n) is 3.69. The number of furan rings is 1. The predicted molar refractivity (Wildman–Crippen MR) is 130 cm³/mol. The largest absolute Gasteiger partial charge is 0.497 e. The molecule has 0 fully saturated rings. The minimum Gasteiger partial charge on any atom is -0.497 e. The molecule has 8 heteroatoms. The Hall–Kier alpha value is -3.78. The molecule has 176 valence electrons. The first-order valence-electron chi connectivity index (χ1n) is 10.8. The van der Waals surface area contributed by atoms with Gasteiger partial charge >= 0.3 is 5.97 Å². The zero-order chi connectivity index (χ0) is 24.3. The average Bonchev–Trinajstić information content (AvgIpc) is 3.19. The molecule has 0 saturated heterocycles. The van der Waals surface area contributed by atoms with Gasteiger partial charge in [0.1, 0.15) is 11.3 Å². The molecule has 0 amide bonds. The van der Waals surface area contributed by atoms with E-state index in [1.165, 1.54) is 23.5 Å². The molecular weight excluding hydrogens is 454 g/mol. The molecule has 0 bridgehead atoms. The number of sulfonamides is 1. The van der Waals surface area contributed by atoms with Crippen molar-refractivity contribution in [2.24, 2.45) is 0 Å². The number of fused-ring (bicyclic) bond motifs is 1. The maximum absolute atomic E-state index is 13.7. The van der Waals surface area contributed by atoms with Gasteiger partial charge in [-0.2, -0.15) is 0 Å². The van der Waals surface area contributed by atoms with Crippen molar-refractivity contribution in [1.82, 2.24) is 0 Å². The fourth-order valence-corrected chi connectivity index (χ4v) is 5.14. The summed E-state index contributed by atoms with van der Waals surface area (Å²) in [6.45, 7) is 3.83. The molecule has 0 aliphatic heterocycles. The maximum Gasteiger partial charge on any atom is 0.374 e. The smallest absolute Gasteiger partial charge is 0.374 e. The van der Waals surface area contributed by atoms with Crippen LogP contribution in [0.5, 0.6) is 5.75 Å². The number of carbonyl (C=O) groups is 1. The van der Waals surface area contributed by atoms with E-state index >= 15 is 0 Å². The highest BCUT2D eigenvalue weighted by Crippen LogP contribution is 2.33. The van der Waals surface area contributed by atoms with Crippen LogP contribution in [0.4, 0.5) is 5.69 Å². The standard InChI is InChI=1S/C26H25NO6S/c1-4-32-26(28)25-18(2)23-16-20(10-15-24(23)33-25)27(17-19-8-6-5-7-9-19)34(29,30)22-13-11-21(31-3)12-14-22/h5-16H,4,17H2,1-3H3. The third-order valence-electron chi connectivity index (χ3n) is 5.49. The van der Waals surface area contributed by atoms with Crippen molar-refractivity contribution in [2.75, 3.05) is 18.0 Å². The molecule has 0 N–H and O–H groups in total. The van der Waals surface area contributed by atoms with Crippen molar-refractivity contribution in [3.05, 3.63) is 89.7 Å². The molecule has 0 spiro atoms. The van der Waals surface area contributed by atoms with Gasteiger partial charge in [0.15, 0.2) is 0 Å². The third kappa shape index (κ3) is 4.49. The first-order valence-corrected chi connectivity index (χ1v) is 12.2. The molecule has 4 rings (SSSR count). The van der Waals surface area contributed by atoms with E-state index < -0.39 is 16.0 Å². The Labute approximate surface area is 198 Å². The second-order valence-electron chi connectivity index (χ2n) is 7.63. The molecule has 0 atom stereocenters. The van der Waals surface area contributed by atoms with Gasteiger partial charge in [0.25, 0.3) is 10.0 Å². The van der Waals surface area contributed by atoms with Gasteiger partial charge in [-0.1, -0.05) is 30.3 Å². The van der Waals surface area contributed by atoms with Gasteiger partial charge in [-0.25, -0.2) is 13.2 Å². The van der Waals surface area contributed by atoms with Gasteiger partial charge in [0.2, 0.25) is 5.76 Å². The Balaban J connectivity index is 1.82. The lowest BCUT2D eigenvalue weighted by molar-refractivity contribution is 0.0491. The summed E-state index contributed by atoms with van der Waals surface area (Å²) in [5, 5.41) is 0.642. The van der Waals surface area contributed by atoms with Crippen molar-refractivity contribution in [3.63, 3.8) is 0 Å². The maximum atomic E-state index is 13.7. The molecule has 34 heavy (non-hydrogen) atoms. The van der Waals surface area contributed by atoms with E-state index in [0.717, 1.165) is 5.56 Å². The van der Waals surface area contributed by atoms with Crippen LogP contribution in [-0.2, 0) is 21.3 Å². The summed E-state index contributed by atoms with van der Waals surface area (Å²) in [5.41, 5.74) is 2.35. The molecule has 0 radical (unpaired) electrons. The summed E-state index contributed by atoms with van der Waals surface area (Å²) in [6.07, 6.45) is 0. The van der Waals surface area contributed by atoms with Crippen molar-refractivity contribution < 1.29 is 27.1 Å². The molecule has 0 aliphatic carbocycles. The molecule has 3 aromatic carbocycles. The number of benzene rings is 3. The van der Waals surface area contributed by atoms with Gasteiger partial charge < -0.3 is 13.9 Å². The van der Waals surface area contributed by atoms with Crippen LogP contribution in [-0.4, -0.2) is 28.1 Å². The SMILES string of the molecule is CCOC(=O)c1oc2ccc(N(Cc3ccccc3)S(=O)(=O)c3ccc(OC)cc3)cc2c1C. The lowest BCUT2D eigenvalue weighted by Crippen LogP contribution is -2.30. The van der Waals surface area contributed by atoms with E-state index in [-0.39, 0.29) is 23.8 Å². The number of hydrogen-bond donors (Lipinski definition) is 0. The number of rotatable bonds is 8. The zero-order valence-corrected chi connectivity index (χ0v) is 20.0. The number of methoxy groups -OCH3 is 1. The van der Waals surface area contributed by atoms with Crippen LogP contribution in [0.3, 0.4) is 0 Å². The Bertz CT molecular complexity index is 1410. The van der Waals surface area contributed by atoms with E-state index in [2.05, 4.69) is 0 Å². The quantitative estimate of drug-likeness (QED) is 0.318. The van der Waals surface area contributed by atoms with Gasteiger partial charge in [-0.3, -0.25) is 4.31 Å². The first kappa shape index (κ1) is 23.4. The average molecular weight is 480 g/mol. The Morgan fingerprint density at radius 2 is 1.71 bits per heavy atom. The number of esters is 1. The summed E-state index contributed by atoms with van der Waals surface area (Å²) >= 11 is 0. The number of nitrogens with zero attached hydrogens (tertiary/aromatic N) is 1. The van der Waals surface area contributed by atoms with Gasteiger partial charge in [-0.05, 0) is 61.9 Å². The van der Waals surface area contributed by atoms with Crippen LogP contribution in [0.2, 0.25) is 0 Å². The van der Waals surface area contributed by atoms with Crippen LogP contribution in [0.1, 0.15) is 28.6 Å². The van der Waals surface area contributed by atoms with E-state index in [9.17, 15) is 13.2 Å². The second kappa shape index (κ2) is 9.61. The van der Waals surface area contributed by atoms with Gasteiger partial charge in [0, 0.05) is 10.9 Å². The van der Waals surface area contributed by atoms with Crippen molar-refractivity contribution in [3.8, 4) is 5.75 Å². The summed E-state index contributed by atoms with van der Waals surface area (Å²) in [4.78, 5) is 12.4. The fraction of sp³-hybridized carbons (Fsp3) is 0.192. The summed E-state index contributed by atoms with van der Waals surface area (Å²) in [7, 11) is -2.40. The van der Waals surface area contributed by atoms with E-state index in [4.69, 9.17) is 13.9 Å². The molecule has 0 saturated carbocycles. The molecular formula is C26H25NO6S. The summed E-state index contributed by atoms with van der Waals surface area (Å²) in [5.74, 6) is 0.127. The summed E-state index contributed by atoms with van der Waals surface area (Å²) < 4.78 is 44.8. The molecule has 0 aliphatic rings. The summed E-state index contributed by atoms with van der Waals surface area (Å²) in [6, 6.07) is 20.7. The van der Waals surface area contributed by atoms with Crippen LogP contribution >= 0.6 is 0 Å². The zero-order valence-electron chi connectivity index (χ0n) is 19.1. The molecule has 0 unspecified atom stereocenters. The normalized spacial score (nSPS) is 11.4. The van der Waals surface area contributed by atoms with Crippen molar-refractivity contribution >= 4 is 32.6 Å². The highest BCUT2D eigenvalue weighted by Gasteiger charge is 2.27. The monoisotopic (exact) mass is 479 g/mol. The number of anilines is 1. The van der Waals surface area contributed by atoms with Crippen LogP contribution in [0, 0.1) is 6.92 Å². The van der Waals surface area contributed by atoms with E-state index in [0.29, 0.717) is 28.0 Å². The minimum absolute atomic E-state index is 0.113. The van der Waals surface area contributed by atoms with E-state index in [1.54, 1.807) is 44.2 Å². The van der Waals surface area contributed by atoms with Gasteiger partial charge in [-0.15, -0.1) is 0 Å². The Morgan fingerprint density at radius 3 is 2.35 bits per heavy atom. The molecule has 1 aromatic heterocycles. The van der Waals surface area contributed by atoms with E-state index in [1.807, 2.05) is 30.3 Å². The number of ether oxygens (including phenoxy) is 2. The first-order chi connectivity index (χ1) is 16.3.